The topological polar surface area (TPSA) is 74.2 Å². The number of hydrogen-bond donors (Lipinski definition) is 0. The van der Waals surface area contributed by atoms with Gasteiger partial charge in [-0.1, -0.05) is 26.3 Å². The van der Waals surface area contributed by atoms with E-state index in [0.29, 0.717) is 35.6 Å². The third-order valence-electron chi connectivity index (χ3n) is 7.16. The average molecular weight is 454 g/mol. The van der Waals surface area contributed by atoms with Gasteiger partial charge in [0.2, 0.25) is 0 Å². The molecule has 1 unspecified atom stereocenters. The SMILES string of the molecule is COc1ccc([C@H]2C3=C(CC(C)(C)CC3=O)N=C(C)C2C(=O)OC2CCCCC2)cc1OC. The normalized spacial score (nSPS) is 25.2. The molecule has 0 aromatic heterocycles. The molecule has 0 amide bonds. The summed E-state index contributed by atoms with van der Waals surface area (Å²) < 4.78 is 16.9. The lowest BCUT2D eigenvalue weighted by atomic mass is 9.67. The van der Waals surface area contributed by atoms with Crippen LogP contribution in [0, 0.1) is 11.3 Å². The van der Waals surface area contributed by atoms with Crippen LogP contribution in [-0.4, -0.2) is 37.8 Å². The molecular weight excluding hydrogens is 418 g/mol. The number of esters is 1. The van der Waals surface area contributed by atoms with Gasteiger partial charge in [-0.2, -0.15) is 0 Å². The van der Waals surface area contributed by atoms with E-state index in [2.05, 4.69) is 13.8 Å². The molecule has 1 aromatic carbocycles. The van der Waals surface area contributed by atoms with E-state index in [1.807, 2.05) is 25.1 Å². The van der Waals surface area contributed by atoms with Crippen LogP contribution < -0.4 is 9.47 Å². The van der Waals surface area contributed by atoms with Gasteiger partial charge in [-0.15, -0.1) is 0 Å². The summed E-state index contributed by atoms with van der Waals surface area (Å²) in [5.74, 6) is -0.125. The molecule has 1 heterocycles. The molecule has 6 nitrogen and oxygen atoms in total. The molecule has 1 saturated carbocycles. The molecule has 33 heavy (non-hydrogen) atoms. The molecule has 4 rings (SSSR count). The van der Waals surface area contributed by atoms with E-state index in [1.165, 1.54) is 6.42 Å². The monoisotopic (exact) mass is 453 g/mol. The fourth-order valence-corrected chi connectivity index (χ4v) is 5.58. The van der Waals surface area contributed by atoms with Crippen LogP contribution in [0.4, 0.5) is 0 Å². The van der Waals surface area contributed by atoms with Crippen LogP contribution in [0.3, 0.4) is 0 Å². The largest absolute Gasteiger partial charge is 0.493 e. The number of ketones is 1. The van der Waals surface area contributed by atoms with Crippen LogP contribution in [0.1, 0.15) is 77.2 Å². The Bertz CT molecular complexity index is 1000. The molecule has 6 heteroatoms. The van der Waals surface area contributed by atoms with Gasteiger partial charge in [0.25, 0.3) is 0 Å². The maximum absolute atomic E-state index is 13.6. The van der Waals surface area contributed by atoms with Crippen molar-refractivity contribution in [3.63, 3.8) is 0 Å². The highest BCUT2D eigenvalue weighted by Gasteiger charge is 2.46. The third kappa shape index (κ3) is 4.71. The number of allylic oxidation sites excluding steroid dienone is 2. The van der Waals surface area contributed by atoms with Gasteiger partial charge in [-0.25, -0.2) is 0 Å². The van der Waals surface area contributed by atoms with Gasteiger partial charge in [0.05, 0.1) is 14.2 Å². The van der Waals surface area contributed by atoms with Crippen LogP contribution in [0.25, 0.3) is 0 Å². The summed E-state index contributed by atoms with van der Waals surface area (Å²) in [5, 5.41) is 0. The van der Waals surface area contributed by atoms with Crippen LogP contribution in [0.2, 0.25) is 0 Å². The number of rotatable bonds is 5. The second-order valence-electron chi connectivity index (χ2n) is 10.3. The summed E-state index contributed by atoms with van der Waals surface area (Å²) in [6, 6.07) is 5.63. The van der Waals surface area contributed by atoms with Gasteiger partial charge in [-0.3, -0.25) is 14.6 Å². The third-order valence-corrected chi connectivity index (χ3v) is 7.16. The molecule has 1 aliphatic heterocycles. The average Bonchev–Trinajstić information content (AvgIpc) is 2.77. The van der Waals surface area contributed by atoms with E-state index in [4.69, 9.17) is 19.2 Å². The Morgan fingerprint density at radius 3 is 2.39 bits per heavy atom. The predicted octanol–water partition coefficient (Wildman–Crippen LogP) is 5.40. The second kappa shape index (κ2) is 9.32. The highest BCUT2D eigenvalue weighted by molar-refractivity contribution is 6.09. The maximum Gasteiger partial charge on any atom is 0.315 e. The number of methoxy groups -OCH3 is 2. The molecule has 1 fully saturated rings. The molecule has 0 radical (unpaired) electrons. The van der Waals surface area contributed by atoms with Crippen molar-refractivity contribution in [3.05, 3.63) is 35.0 Å². The lowest BCUT2D eigenvalue weighted by molar-refractivity contribution is -0.153. The summed E-state index contributed by atoms with van der Waals surface area (Å²) >= 11 is 0. The van der Waals surface area contributed by atoms with Gasteiger partial charge in [0.1, 0.15) is 12.0 Å². The Balaban J connectivity index is 1.78. The summed E-state index contributed by atoms with van der Waals surface area (Å²) in [4.78, 5) is 31.8. The van der Waals surface area contributed by atoms with E-state index in [-0.39, 0.29) is 23.3 Å². The summed E-state index contributed by atoms with van der Waals surface area (Å²) in [6.45, 7) is 6.07. The van der Waals surface area contributed by atoms with Crippen molar-refractivity contribution in [2.24, 2.45) is 16.3 Å². The molecule has 2 atom stereocenters. The van der Waals surface area contributed by atoms with Gasteiger partial charge < -0.3 is 14.2 Å². The summed E-state index contributed by atoms with van der Waals surface area (Å²) in [6.07, 6.45) is 6.24. The smallest absolute Gasteiger partial charge is 0.315 e. The summed E-state index contributed by atoms with van der Waals surface area (Å²) in [5.41, 5.74) is 2.85. The zero-order valence-electron chi connectivity index (χ0n) is 20.4. The van der Waals surface area contributed by atoms with Gasteiger partial charge in [0.15, 0.2) is 17.3 Å². The molecule has 178 valence electrons. The Morgan fingerprint density at radius 1 is 1.03 bits per heavy atom. The Kier molecular flexibility index (Phi) is 6.64. The first kappa shape index (κ1) is 23.5. The molecule has 0 bridgehead atoms. The molecule has 2 aliphatic carbocycles. The zero-order valence-corrected chi connectivity index (χ0v) is 20.4. The van der Waals surface area contributed by atoms with Crippen molar-refractivity contribution in [1.82, 2.24) is 0 Å². The number of ether oxygens (including phenoxy) is 3. The second-order valence-corrected chi connectivity index (χ2v) is 10.3. The first-order valence-corrected chi connectivity index (χ1v) is 12.0. The van der Waals surface area contributed by atoms with Crippen LogP contribution in [0.5, 0.6) is 11.5 Å². The number of aliphatic imine (C=N–C) groups is 1. The van der Waals surface area contributed by atoms with Crippen molar-refractivity contribution in [2.75, 3.05) is 14.2 Å². The minimum atomic E-state index is -0.631. The Morgan fingerprint density at radius 2 is 1.73 bits per heavy atom. The van der Waals surface area contributed by atoms with Crippen LogP contribution in [-0.2, 0) is 14.3 Å². The van der Waals surface area contributed by atoms with Crippen LogP contribution >= 0.6 is 0 Å². The van der Waals surface area contributed by atoms with Gasteiger partial charge in [-0.05, 0) is 62.1 Å². The number of benzene rings is 1. The lowest BCUT2D eigenvalue weighted by Crippen LogP contribution is -2.40. The summed E-state index contributed by atoms with van der Waals surface area (Å²) in [7, 11) is 3.18. The molecule has 0 spiro atoms. The van der Waals surface area contributed by atoms with E-state index in [9.17, 15) is 9.59 Å². The standard InChI is InChI=1S/C27H35NO5/c1-16-23(26(30)33-18-9-7-6-8-10-18)24(17-11-12-21(31-4)22(13-17)32-5)25-19(28-16)14-27(2,3)15-20(25)29/h11-13,18,23-24H,6-10,14-15H2,1-5H3/t23?,24-/m1/s1. The van der Waals surface area contributed by atoms with Gasteiger partial charge in [0, 0.05) is 29.3 Å². The van der Waals surface area contributed by atoms with E-state index >= 15 is 0 Å². The Hall–Kier alpha value is -2.63. The fraction of sp³-hybridized carbons (Fsp3) is 0.593. The molecule has 0 N–H and O–H groups in total. The number of nitrogens with zero attached hydrogens (tertiary/aromatic N) is 1. The maximum atomic E-state index is 13.6. The van der Waals surface area contributed by atoms with Crippen molar-refractivity contribution in [3.8, 4) is 11.5 Å². The predicted molar refractivity (Wildman–Crippen MR) is 127 cm³/mol. The molecule has 1 aromatic rings. The van der Waals surface area contributed by atoms with E-state index in [1.54, 1.807) is 14.2 Å². The number of carbonyl (C=O) groups excluding carboxylic acids is 2. The number of hydrogen-bond acceptors (Lipinski definition) is 6. The number of carbonyl (C=O) groups is 2. The quantitative estimate of drug-likeness (QED) is 0.558. The molecule has 0 saturated heterocycles. The highest BCUT2D eigenvalue weighted by Crippen LogP contribution is 2.49. The van der Waals surface area contributed by atoms with Crippen molar-refractivity contribution < 1.29 is 23.8 Å². The van der Waals surface area contributed by atoms with Crippen molar-refractivity contribution in [2.45, 2.75) is 77.7 Å². The zero-order chi connectivity index (χ0) is 23.8. The first-order chi connectivity index (χ1) is 15.7. The van der Waals surface area contributed by atoms with Crippen molar-refractivity contribution in [1.29, 1.82) is 0 Å². The Labute approximate surface area is 196 Å². The first-order valence-electron chi connectivity index (χ1n) is 12.0. The number of Topliss-reactive ketones (excluding diaryl/α,β-unsaturated/α-hetero) is 1. The molecular formula is C27H35NO5. The highest BCUT2D eigenvalue weighted by atomic mass is 16.5. The fourth-order valence-electron chi connectivity index (χ4n) is 5.58. The molecule has 3 aliphatic rings. The van der Waals surface area contributed by atoms with Gasteiger partial charge >= 0.3 is 5.97 Å². The minimum Gasteiger partial charge on any atom is -0.493 e. The van der Waals surface area contributed by atoms with E-state index < -0.39 is 11.8 Å². The minimum absolute atomic E-state index is 0.0542. The van der Waals surface area contributed by atoms with Crippen LogP contribution in [0.15, 0.2) is 34.5 Å². The van der Waals surface area contributed by atoms with E-state index in [0.717, 1.165) is 36.9 Å². The van der Waals surface area contributed by atoms with Crippen molar-refractivity contribution >= 4 is 17.5 Å². The lowest BCUT2D eigenvalue weighted by Gasteiger charge is -2.39.